The van der Waals surface area contributed by atoms with E-state index in [4.69, 9.17) is 21.1 Å². The lowest BCUT2D eigenvalue weighted by Gasteiger charge is -2.33. The van der Waals surface area contributed by atoms with Crippen LogP contribution in [0.4, 0.5) is 0 Å². The third-order valence-corrected chi connectivity index (χ3v) is 6.10. The van der Waals surface area contributed by atoms with E-state index in [-0.39, 0.29) is 5.91 Å². The Morgan fingerprint density at radius 3 is 2.61 bits per heavy atom. The number of benzene rings is 1. The first-order valence-corrected chi connectivity index (χ1v) is 10.7. The Hall–Kier alpha value is -2.02. The first kappa shape index (κ1) is 19.3. The molecule has 2 aliphatic rings. The summed E-state index contributed by atoms with van der Waals surface area (Å²) in [5.74, 6) is 1.56. The van der Waals surface area contributed by atoms with E-state index in [9.17, 15) is 4.79 Å². The minimum atomic E-state index is 0.0472. The molecule has 1 saturated heterocycles. The van der Waals surface area contributed by atoms with E-state index in [0.717, 1.165) is 60.5 Å². The summed E-state index contributed by atoms with van der Waals surface area (Å²) in [6.45, 7) is 5.45. The van der Waals surface area contributed by atoms with Gasteiger partial charge >= 0.3 is 0 Å². The highest BCUT2D eigenvalue weighted by Crippen LogP contribution is 2.30. The second-order valence-corrected chi connectivity index (χ2v) is 8.70. The molecule has 7 heteroatoms. The highest BCUT2D eigenvalue weighted by molar-refractivity contribution is 7.16. The number of carbonyl (C=O) groups is 1. The zero-order valence-corrected chi connectivity index (χ0v) is 17.2. The van der Waals surface area contributed by atoms with Gasteiger partial charge in [-0.05, 0) is 35.9 Å². The summed E-state index contributed by atoms with van der Waals surface area (Å²) in [5.41, 5.74) is 0.936. The van der Waals surface area contributed by atoms with Gasteiger partial charge < -0.3 is 14.4 Å². The molecule has 2 aromatic rings. The molecule has 2 aliphatic heterocycles. The predicted molar refractivity (Wildman–Crippen MR) is 112 cm³/mol. The number of ether oxygens (including phenoxy) is 2. The molecule has 1 amide bonds. The number of nitrogens with zero attached hydrogens (tertiary/aromatic N) is 2. The number of fused-ring (bicyclic) bond motifs is 1. The van der Waals surface area contributed by atoms with Gasteiger partial charge in [0.25, 0.3) is 0 Å². The molecule has 0 N–H and O–H groups in total. The number of carbonyl (C=O) groups excluding carboxylic acids is 1. The van der Waals surface area contributed by atoms with Gasteiger partial charge in [0.2, 0.25) is 5.91 Å². The maximum absolute atomic E-state index is 12.5. The molecular weight excluding hydrogens is 396 g/mol. The maximum atomic E-state index is 12.5. The van der Waals surface area contributed by atoms with Gasteiger partial charge in [-0.15, -0.1) is 11.3 Å². The van der Waals surface area contributed by atoms with Crippen LogP contribution in [0, 0.1) is 0 Å². The Bertz CT molecular complexity index is 859. The molecule has 0 radical (unpaired) electrons. The van der Waals surface area contributed by atoms with Crippen molar-refractivity contribution in [3.63, 3.8) is 0 Å². The summed E-state index contributed by atoms with van der Waals surface area (Å²) in [7, 11) is 0. The van der Waals surface area contributed by atoms with Gasteiger partial charge in [0.15, 0.2) is 11.5 Å². The van der Waals surface area contributed by atoms with Gasteiger partial charge in [-0.3, -0.25) is 9.69 Å². The van der Waals surface area contributed by atoms with Crippen LogP contribution in [0.3, 0.4) is 0 Å². The number of rotatable bonds is 4. The van der Waals surface area contributed by atoms with E-state index in [1.54, 1.807) is 17.4 Å². The second kappa shape index (κ2) is 8.99. The Morgan fingerprint density at radius 2 is 1.86 bits per heavy atom. The minimum Gasteiger partial charge on any atom is -0.490 e. The zero-order chi connectivity index (χ0) is 19.3. The number of piperazine rings is 1. The average molecular weight is 419 g/mol. The van der Waals surface area contributed by atoms with Crippen molar-refractivity contribution >= 4 is 34.9 Å². The summed E-state index contributed by atoms with van der Waals surface area (Å²) in [6.07, 6.45) is 4.37. The fraction of sp³-hybridized carbons (Fsp3) is 0.381. The largest absolute Gasteiger partial charge is 0.490 e. The lowest BCUT2D eigenvalue weighted by atomic mass is 10.2. The number of thiophene rings is 1. The smallest absolute Gasteiger partial charge is 0.246 e. The van der Waals surface area contributed by atoms with Crippen LogP contribution in [0.2, 0.25) is 4.34 Å². The second-order valence-electron chi connectivity index (χ2n) is 6.90. The Balaban J connectivity index is 1.30. The van der Waals surface area contributed by atoms with Crippen LogP contribution in [0.1, 0.15) is 16.9 Å². The van der Waals surface area contributed by atoms with Crippen molar-refractivity contribution in [3.8, 4) is 11.5 Å². The van der Waals surface area contributed by atoms with Gasteiger partial charge in [0.1, 0.15) is 0 Å². The van der Waals surface area contributed by atoms with E-state index in [2.05, 4.69) is 11.0 Å². The summed E-state index contributed by atoms with van der Waals surface area (Å²) < 4.78 is 12.2. The number of amides is 1. The first-order chi connectivity index (χ1) is 13.7. The van der Waals surface area contributed by atoms with E-state index in [0.29, 0.717) is 13.2 Å². The van der Waals surface area contributed by atoms with Crippen LogP contribution in [-0.2, 0) is 11.3 Å². The van der Waals surface area contributed by atoms with Gasteiger partial charge in [0.05, 0.1) is 17.6 Å². The van der Waals surface area contributed by atoms with E-state index < -0.39 is 0 Å². The topological polar surface area (TPSA) is 42.0 Å². The molecule has 0 saturated carbocycles. The summed E-state index contributed by atoms with van der Waals surface area (Å²) in [4.78, 5) is 18.1. The van der Waals surface area contributed by atoms with Crippen molar-refractivity contribution in [3.05, 3.63) is 51.2 Å². The molecule has 28 heavy (non-hydrogen) atoms. The molecule has 1 fully saturated rings. The SMILES string of the molecule is O=C(C=Cc1ccc2c(c1)OCCCO2)N1CCN(Cc2ccc(Cl)s2)CC1. The van der Waals surface area contributed by atoms with Crippen molar-refractivity contribution in [1.82, 2.24) is 9.80 Å². The van der Waals surface area contributed by atoms with Gasteiger partial charge in [-0.25, -0.2) is 0 Å². The Kier molecular flexibility index (Phi) is 6.20. The monoisotopic (exact) mass is 418 g/mol. The van der Waals surface area contributed by atoms with Crippen LogP contribution in [0.15, 0.2) is 36.4 Å². The highest BCUT2D eigenvalue weighted by Gasteiger charge is 2.20. The third-order valence-electron chi connectivity index (χ3n) is 4.88. The first-order valence-electron chi connectivity index (χ1n) is 9.50. The number of halogens is 1. The molecule has 1 aromatic heterocycles. The van der Waals surface area contributed by atoms with Gasteiger partial charge in [-0.2, -0.15) is 0 Å². The molecule has 0 unspecified atom stereocenters. The fourth-order valence-electron chi connectivity index (χ4n) is 3.34. The Labute approximate surface area is 174 Å². The van der Waals surface area contributed by atoms with Gasteiger partial charge in [-0.1, -0.05) is 17.7 Å². The van der Waals surface area contributed by atoms with E-state index >= 15 is 0 Å². The molecule has 0 atom stereocenters. The fourth-order valence-corrected chi connectivity index (χ4v) is 4.47. The summed E-state index contributed by atoms with van der Waals surface area (Å²) in [6, 6.07) is 9.78. The van der Waals surface area contributed by atoms with Crippen LogP contribution in [0.25, 0.3) is 6.08 Å². The normalized spacial score (nSPS) is 17.7. The molecule has 148 valence electrons. The van der Waals surface area contributed by atoms with Crippen molar-refractivity contribution in [2.24, 2.45) is 0 Å². The minimum absolute atomic E-state index is 0.0472. The van der Waals surface area contributed by atoms with E-state index in [1.807, 2.05) is 35.2 Å². The number of hydrogen-bond donors (Lipinski definition) is 0. The average Bonchev–Trinajstić information content (AvgIpc) is 2.98. The molecule has 1 aromatic carbocycles. The molecule has 3 heterocycles. The third kappa shape index (κ3) is 4.87. The molecule has 0 bridgehead atoms. The van der Waals surface area contributed by atoms with Gasteiger partial charge in [0, 0.05) is 50.1 Å². The molecular formula is C21H23ClN2O3S. The highest BCUT2D eigenvalue weighted by atomic mass is 35.5. The van der Waals surface area contributed by atoms with Crippen LogP contribution in [-0.4, -0.2) is 55.1 Å². The van der Waals surface area contributed by atoms with Crippen molar-refractivity contribution in [2.45, 2.75) is 13.0 Å². The predicted octanol–water partition coefficient (Wildman–Crippen LogP) is 3.92. The van der Waals surface area contributed by atoms with Crippen LogP contribution < -0.4 is 9.47 Å². The molecule has 4 rings (SSSR count). The molecule has 0 spiro atoms. The zero-order valence-electron chi connectivity index (χ0n) is 15.6. The summed E-state index contributed by atoms with van der Waals surface area (Å²) >= 11 is 7.62. The van der Waals surface area contributed by atoms with Crippen LogP contribution in [0.5, 0.6) is 11.5 Å². The van der Waals surface area contributed by atoms with Crippen molar-refractivity contribution < 1.29 is 14.3 Å². The Morgan fingerprint density at radius 1 is 1.07 bits per heavy atom. The summed E-state index contributed by atoms with van der Waals surface area (Å²) in [5, 5.41) is 0. The lowest BCUT2D eigenvalue weighted by Crippen LogP contribution is -2.47. The van der Waals surface area contributed by atoms with Crippen LogP contribution >= 0.6 is 22.9 Å². The standard InChI is InChI=1S/C21H23ClN2O3S/c22-20-6-4-17(28-20)15-23-8-10-24(11-9-23)21(25)7-3-16-2-5-18-19(14-16)27-13-1-12-26-18/h2-7,14H,1,8-13,15H2. The van der Waals surface area contributed by atoms with E-state index in [1.165, 1.54) is 4.88 Å². The number of hydrogen-bond acceptors (Lipinski definition) is 5. The molecule has 0 aliphatic carbocycles. The maximum Gasteiger partial charge on any atom is 0.246 e. The quantitative estimate of drug-likeness (QED) is 0.706. The van der Waals surface area contributed by atoms with Crippen molar-refractivity contribution in [1.29, 1.82) is 0 Å². The molecule has 5 nitrogen and oxygen atoms in total. The van der Waals surface area contributed by atoms with Crippen molar-refractivity contribution in [2.75, 3.05) is 39.4 Å². The lowest BCUT2D eigenvalue weighted by molar-refractivity contribution is -0.127.